The maximum atomic E-state index is 11.9. The molecule has 0 bridgehead atoms. The SMILES string of the molecule is C[C@H](O)[C@@H]1C(=O)N2C(C(=O)O)=C(SCCN=CN)C[C@H]12. The fraction of sp³-hybridized carbons (Fsp3) is 0.583. The lowest BCUT2D eigenvalue weighted by atomic mass is 9.83. The van der Waals surface area contributed by atoms with Gasteiger partial charge < -0.3 is 20.8 Å². The zero-order valence-electron chi connectivity index (χ0n) is 11.0. The molecule has 110 valence electrons. The molecule has 2 aliphatic heterocycles. The average Bonchev–Trinajstić information content (AvgIpc) is 2.69. The van der Waals surface area contributed by atoms with Crippen LogP contribution in [0.4, 0.5) is 0 Å². The number of carboxylic acid groups (broad SMARTS) is 1. The van der Waals surface area contributed by atoms with Crippen molar-refractivity contribution in [3.8, 4) is 0 Å². The normalized spacial score (nSPS) is 26.9. The van der Waals surface area contributed by atoms with Crippen molar-refractivity contribution in [2.24, 2.45) is 16.6 Å². The van der Waals surface area contributed by atoms with Crippen LogP contribution in [0.15, 0.2) is 15.6 Å². The van der Waals surface area contributed by atoms with Crippen molar-refractivity contribution in [3.05, 3.63) is 10.6 Å². The molecule has 0 aromatic heterocycles. The number of aliphatic hydroxyl groups excluding tert-OH is 1. The van der Waals surface area contributed by atoms with Gasteiger partial charge in [-0.05, 0) is 6.92 Å². The van der Waals surface area contributed by atoms with Gasteiger partial charge in [-0.3, -0.25) is 9.79 Å². The maximum Gasteiger partial charge on any atom is 0.353 e. The van der Waals surface area contributed by atoms with E-state index in [0.29, 0.717) is 23.6 Å². The minimum Gasteiger partial charge on any atom is -0.477 e. The summed E-state index contributed by atoms with van der Waals surface area (Å²) in [5.41, 5.74) is 5.19. The molecule has 7 nitrogen and oxygen atoms in total. The van der Waals surface area contributed by atoms with Gasteiger partial charge in [-0.15, -0.1) is 11.8 Å². The molecule has 0 saturated carbocycles. The molecular formula is C12H17N3O4S. The number of hydrogen-bond acceptors (Lipinski definition) is 5. The Morgan fingerprint density at radius 2 is 2.40 bits per heavy atom. The van der Waals surface area contributed by atoms with E-state index in [2.05, 4.69) is 4.99 Å². The van der Waals surface area contributed by atoms with Crippen LogP contribution in [0.5, 0.6) is 0 Å². The van der Waals surface area contributed by atoms with Crippen molar-refractivity contribution in [1.29, 1.82) is 0 Å². The van der Waals surface area contributed by atoms with E-state index in [1.54, 1.807) is 6.92 Å². The second-order valence-corrected chi connectivity index (χ2v) is 5.92. The van der Waals surface area contributed by atoms with Gasteiger partial charge >= 0.3 is 5.97 Å². The summed E-state index contributed by atoms with van der Waals surface area (Å²) >= 11 is 1.38. The lowest BCUT2D eigenvalue weighted by Crippen LogP contribution is -2.61. The standard InChI is InChI=1S/C12H17N3O4S/c1-6(16)9-7-4-8(20-3-2-14-5-13)10(12(18)19)15(7)11(9)17/h5-7,9,16H,2-4H2,1H3,(H2,13,14)(H,18,19)/t6-,7+,9-/m0/s1. The predicted molar refractivity (Wildman–Crippen MR) is 75.1 cm³/mol. The number of nitrogens with two attached hydrogens (primary N) is 1. The molecule has 0 radical (unpaired) electrons. The Morgan fingerprint density at radius 3 is 2.95 bits per heavy atom. The highest BCUT2D eigenvalue weighted by atomic mass is 32.2. The predicted octanol–water partition coefficient (Wildman–Crippen LogP) is -0.386. The molecular weight excluding hydrogens is 282 g/mol. The number of carboxylic acids is 1. The van der Waals surface area contributed by atoms with Gasteiger partial charge in [0.2, 0.25) is 5.91 Å². The van der Waals surface area contributed by atoms with Gasteiger partial charge in [-0.2, -0.15) is 0 Å². The number of carbonyl (C=O) groups is 2. The number of fused-ring (bicyclic) bond motifs is 1. The zero-order valence-corrected chi connectivity index (χ0v) is 11.8. The van der Waals surface area contributed by atoms with Crippen molar-refractivity contribution in [2.45, 2.75) is 25.5 Å². The largest absolute Gasteiger partial charge is 0.477 e. The molecule has 1 amide bonds. The Bertz CT molecular complexity index is 489. The van der Waals surface area contributed by atoms with Gasteiger partial charge in [0.1, 0.15) is 5.70 Å². The lowest BCUT2D eigenvalue weighted by Gasteiger charge is -2.44. The first-order chi connectivity index (χ1) is 9.49. The lowest BCUT2D eigenvalue weighted by molar-refractivity contribution is -0.161. The van der Waals surface area contributed by atoms with Crippen molar-refractivity contribution in [1.82, 2.24) is 4.90 Å². The summed E-state index contributed by atoms with van der Waals surface area (Å²) in [5.74, 6) is -1.30. The Morgan fingerprint density at radius 1 is 1.70 bits per heavy atom. The van der Waals surface area contributed by atoms with E-state index in [4.69, 9.17) is 5.73 Å². The van der Waals surface area contributed by atoms with Crippen molar-refractivity contribution in [2.75, 3.05) is 12.3 Å². The van der Waals surface area contributed by atoms with Crippen LogP contribution in [0, 0.1) is 5.92 Å². The highest BCUT2D eigenvalue weighted by Gasteiger charge is 2.56. The van der Waals surface area contributed by atoms with Crippen LogP contribution in [0.1, 0.15) is 13.3 Å². The summed E-state index contributed by atoms with van der Waals surface area (Å²) in [4.78, 5) is 29.1. The van der Waals surface area contributed by atoms with E-state index in [0.717, 1.165) is 0 Å². The molecule has 0 spiro atoms. The number of thioether (sulfide) groups is 1. The van der Waals surface area contributed by atoms with Gasteiger partial charge in [0.05, 0.1) is 30.9 Å². The number of amides is 1. The average molecular weight is 299 g/mol. The van der Waals surface area contributed by atoms with Crippen LogP contribution < -0.4 is 5.73 Å². The van der Waals surface area contributed by atoms with Crippen molar-refractivity contribution < 1.29 is 19.8 Å². The summed E-state index contributed by atoms with van der Waals surface area (Å²) in [6.45, 7) is 2.05. The molecule has 1 saturated heterocycles. The number of nitrogens with zero attached hydrogens (tertiary/aromatic N) is 2. The number of β-lactam (4-membered cyclic amide) rings is 1. The van der Waals surface area contributed by atoms with Crippen LogP contribution in [0.3, 0.4) is 0 Å². The number of aliphatic imine (C=N–C) groups is 1. The van der Waals surface area contributed by atoms with E-state index in [1.165, 1.54) is 23.0 Å². The Balaban J connectivity index is 2.11. The van der Waals surface area contributed by atoms with Gasteiger partial charge in [0, 0.05) is 17.1 Å². The smallest absolute Gasteiger partial charge is 0.353 e. The van der Waals surface area contributed by atoms with Crippen LogP contribution in [0.25, 0.3) is 0 Å². The van der Waals surface area contributed by atoms with Crippen LogP contribution in [0.2, 0.25) is 0 Å². The summed E-state index contributed by atoms with van der Waals surface area (Å²) in [6.07, 6.45) is 0.937. The second-order valence-electron chi connectivity index (χ2n) is 4.73. The van der Waals surface area contributed by atoms with Gasteiger partial charge in [0.25, 0.3) is 0 Å². The molecule has 8 heteroatoms. The van der Waals surface area contributed by atoms with E-state index < -0.39 is 18.0 Å². The fourth-order valence-corrected chi connectivity index (χ4v) is 3.71. The molecule has 2 heterocycles. The van der Waals surface area contributed by atoms with Gasteiger partial charge in [-0.1, -0.05) is 0 Å². The van der Waals surface area contributed by atoms with Crippen LogP contribution in [-0.2, 0) is 9.59 Å². The number of aliphatic carboxylic acids is 1. The fourth-order valence-electron chi connectivity index (χ4n) is 2.66. The summed E-state index contributed by atoms with van der Waals surface area (Å²) in [7, 11) is 0. The van der Waals surface area contributed by atoms with Gasteiger partial charge in [0.15, 0.2) is 0 Å². The maximum absolute atomic E-state index is 11.9. The quantitative estimate of drug-likeness (QED) is 0.266. The van der Waals surface area contributed by atoms with Crippen LogP contribution >= 0.6 is 11.8 Å². The highest BCUT2D eigenvalue weighted by molar-refractivity contribution is 8.03. The molecule has 0 aliphatic carbocycles. The summed E-state index contributed by atoms with van der Waals surface area (Å²) < 4.78 is 0. The Kier molecular flexibility index (Phi) is 4.34. The first-order valence-electron chi connectivity index (χ1n) is 6.29. The molecule has 2 rings (SSSR count). The van der Waals surface area contributed by atoms with E-state index in [9.17, 15) is 19.8 Å². The third-order valence-corrected chi connectivity index (χ3v) is 4.59. The zero-order chi connectivity index (χ0) is 14.9. The van der Waals surface area contributed by atoms with E-state index >= 15 is 0 Å². The summed E-state index contributed by atoms with van der Waals surface area (Å²) in [6, 6.07) is -0.228. The van der Waals surface area contributed by atoms with Crippen LogP contribution in [-0.4, -0.2) is 57.8 Å². The monoisotopic (exact) mass is 299 g/mol. The summed E-state index contributed by atoms with van der Waals surface area (Å²) in [5, 5.41) is 18.9. The Labute approximate surface area is 120 Å². The van der Waals surface area contributed by atoms with E-state index in [-0.39, 0.29) is 17.6 Å². The third-order valence-electron chi connectivity index (χ3n) is 3.49. The molecule has 0 aromatic carbocycles. The molecule has 20 heavy (non-hydrogen) atoms. The molecule has 1 fully saturated rings. The number of aliphatic hydroxyl groups is 1. The first-order valence-corrected chi connectivity index (χ1v) is 7.28. The molecule has 3 atom stereocenters. The second kappa shape index (κ2) is 5.84. The highest BCUT2D eigenvalue weighted by Crippen LogP contribution is 2.46. The van der Waals surface area contributed by atoms with E-state index in [1.807, 2.05) is 0 Å². The molecule has 2 aliphatic rings. The third kappa shape index (κ3) is 2.40. The Hall–Kier alpha value is -1.54. The number of rotatable bonds is 6. The number of hydrogen-bond donors (Lipinski definition) is 3. The molecule has 0 unspecified atom stereocenters. The first kappa shape index (κ1) is 14.9. The topological polar surface area (TPSA) is 116 Å². The molecule has 0 aromatic rings. The number of carbonyl (C=O) groups excluding carboxylic acids is 1. The minimum absolute atomic E-state index is 0.0543. The minimum atomic E-state index is -1.10. The molecule has 4 N–H and O–H groups in total. The van der Waals surface area contributed by atoms with Gasteiger partial charge in [-0.25, -0.2) is 4.79 Å². The van der Waals surface area contributed by atoms with Crippen molar-refractivity contribution in [3.63, 3.8) is 0 Å². The van der Waals surface area contributed by atoms with Crippen molar-refractivity contribution >= 4 is 30.0 Å².